The van der Waals surface area contributed by atoms with Crippen molar-refractivity contribution in [1.29, 1.82) is 0 Å². The van der Waals surface area contributed by atoms with Crippen molar-refractivity contribution in [2.24, 2.45) is 21.5 Å². The van der Waals surface area contributed by atoms with Gasteiger partial charge in [0.15, 0.2) is 5.96 Å². The molecule has 0 atom stereocenters. The van der Waals surface area contributed by atoms with Gasteiger partial charge in [0, 0.05) is 34.0 Å². The van der Waals surface area contributed by atoms with E-state index in [1.54, 1.807) is 22.5 Å². The van der Waals surface area contributed by atoms with Gasteiger partial charge in [-0.25, -0.2) is 13.4 Å². The number of thioether (sulfide) groups is 1. The van der Waals surface area contributed by atoms with E-state index in [1.807, 2.05) is 5.38 Å². The Morgan fingerprint density at radius 2 is 2.16 bits per heavy atom. The fraction of sp³-hybridized carbons (Fsp3) is 0.308. The Kier molecular flexibility index (Phi) is 5.61. The zero-order chi connectivity index (χ0) is 17.9. The van der Waals surface area contributed by atoms with Gasteiger partial charge in [-0.05, 0) is 12.2 Å². The van der Waals surface area contributed by atoms with Crippen molar-refractivity contribution in [1.82, 2.24) is 9.71 Å². The van der Waals surface area contributed by atoms with Crippen LogP contribution in [0.15, 0.2) is 31.0 Å². The van der Waals surface area contributed by atoms with Crippen LogP contribution in [0, 0.1) is 0 Å². The van der Waals surface area contributed by atoms with Crippen LogP contribution >= 0.6 is 34.4 Å². The van der Waals surface area contributed by atoms with Gasteiger partial charge < -0.3 is 11.5 Å². The van der Waals surface area contributed by atoms with Gasteiger partial charge in [0.2, 0.25) is 5.13 Å². The van der Waals surface area contributed by atoms with Crippen LogP contribution in [0.4, 0.5) is 5.13 Å². The number of amidine groups is 1. The first-order valence-corrected chi connectivity index (χ1v) is 11.7. The van der Waals surface area contributed by atoms with Gasteiger partial charge in [0.05, 0.1) is 5.69 Å². The molecule has 0 amide bonds. The average Bonchev–Trinajstić information content (AvgIpc) is 3.22. The van der Waals surface area contributed by atoms with Crippen molar-refractivity contribution in [2.45, 2.75) is 17.1 Å². The van der Waals surface area contributed by atoms with Crippen LogP contribution in [0.1, 0.15) is 17.7 Å². The summed E-state index contributed by atoms with van der Waals surface area (Å²) < 4.78 is 26.2. The summed E-state index contributed by atoms with van der Waals surface area (Å²) in [7, 11) is -3.41. The molecule has 0 unspecified atom stereocenters. The maximum Gasteiger partial charge on any atom is 0.264 e. The molecule has 0 aromatic carbocycles. The van der Waals surface area contributed by atoms with Crippen molar-refractivity contribution < 1.29 is 8.42 Å². The average molecular weight is 417 g/mol. The van der Waals surface area contributed by atoms with E-state index in [0.717, 1.165) is 23.6 Å². The second kappa shape index (κ2) is 7.72. The molecule has 3 heterocycles. The fourth-order valence-electron chi connectivity index (χ4n) is 2.08. The molecule has 3 rings (SSSR count). The van der Waals surface area contributed by atoms with Crippen LogP contribution in [0.2, 0.25) is 0 Å². The van der Waals surface area contributed by atoms with Crippen molar-refractivity contribution in [3.8, 4) is 0 Å². The molecular weight excluding hydrogens is 400 g/mol. The predicted molar refractivity (Wildman–Crippen MR) is 104 cm³/mol. The molecule has 0 fully saturated rings. The molecule has 0 saturated carbocycles. The van der Waals surface area contributed by atoms with E-state index in [-0.39, 0.29) is 5.96 Å². The number of nitrogens with one attached hydrogen (secondary N) is 1. The summed E-state index contributed by atoms with van der Waals surface area (Å²) in [5.41, 5.74) is 12.2. The van der Waals surface area contributed by atoms with Crippen LogP contribution in [-0.2, 0) is 15.8 Å². The lowest BCUT2D eigenvalue weighted by Gasteiger charge is -2.00. The quantitative estimate of drug-likeness (QED) is 0.355. The lowest BCUT2D eigenvalue weighted by atomic mass is 10.3. The summed E-state index contributed by atoms with van der Waals surface area (Å²) >= 11 is 4.50. The summed E-state index contributed by atoms with van der Waals surface area (Å²) in [6.45, 7) is 0.566. The summed E-state index contributed by atoms with van der Waals surface area (Å²) in [6.07, 6.45) is 0.847. The first-order chi connectivity index (χ1) is 12.0. The molecule has 0 saturated heterocycles. The number of hydrogen-bond donors (Lipinski definition) is 3. The second-order valence-electron chi connectivity index (χ2n) is 5.05. The van der Waals surface area contributed by atoms with Gasteiger partial charge in [-0.1, -0.05) is 0 Å². The number of nitrogens with zero attached hydrogens (tertiary/aromatic N) is 3. The van der Waals surface area contributed by atoms with Crippen LogP contribution in [0.25, 0.3) is 0 Å². The molecule has 0 radical (unpaired) electrons. The molecule has 12 heteroatoms. The van der Waals surface area contributed by atoms with E-state index in [2.05, 4.69) is 19.7 Å². The van der Waals surface area contributed by atoms with Crippen LogP contribution in [-0.4, -0.2) is 37.5 Å². The van der Waals surface area contributed by atoms with Gasteiger partial charge in [-0.15, -0.1) is 11.3 Å². The molecule has 5 N–H and O–H groups in total. The molecule has 0 aliphatic carbocycles. The largest absolute Gasteiger partial charge is 0.370 e. The second-order valence-corrected chi connectivity index (χ2v) is 9.39. The van der Waals surface area contributed by atoms with Gasteiger partial charge in [0.25, 0.3) is 10.0 Å². The number of fused-ring (bicyclic) bond motifs is 1. The molecule has 0 spiro atoms. The summed E-state index contributed by atoms with van der Waals surface area (Å²) in [6, 6.07) is 0. The number of sulfonamides is 1. The monoisotopic (exact) mass is 416 g/mol. The summed E-state index contributed by atoms with van der Waals surface area (Å²) in [5, 5.41) is 5.92. The van der Waals surface area contributed by atoms with E-state index in [9.17, 15) is 8.42 Å². The Labute approximate surface area is 157 Å². The van der Waals surface area contributed by atoms with Crippen molar-refractivity contribution in [2.75, 3.05) is 12.3 Å². The van der Waals surface area contributed by atoms with E-state index in [1.165, 1.54) is 22.7 Å². The highest BCUT2D eigenvalue weighted by Gasteiger charge is 2.31. The van der Waals surface area contributed by atoms with Gasteiger partial charge in [0.1, 0.15) is 10.7 Å². The van der Waals surface area contributed by atoms with Crippen molar-refractivity contribution >= 4 is 61.4 Å². The fourth-order valence-corrected chi connectivity index (χ4v) is 6.15. The van der Waals surface area contributed by atoms with Crippen molar-refractivity contribution in [3.05, 3.63) is 27.4 Å². The third-order valence-electron chi connectivity index (χ3n) is 3.13. The zero-order valence-electron chi connectivity index (χ0n) is 13.0. The van der Waals surface area contributed by atoms with E-state index in [0.29, 0.717) is 28.0 Å². The number of guanidine groups is 1. The minimum absolute atomic E-state index is 0.00369. The molecule has 0 bridgehead atoms. The number of hydrogen-bond acceptors (Lipinski definition) is 8. The number of nitrogens with two attached hydrogens (primary N) is 2. The molecule has 8 nitrogen and oxygen atoms in total. The van der Waals surface area contributed by atoms with Gasteiger partial charge >= 0.3 is 0 Å². The Morgan fingerprint density at radius 3 is 2.96 bits per heavy atom. The SMILES string of the molecule is NC(N)=Nc1nc(CSCCCN=C2NS(=O)(=O)c3cscc32)cs1. The van der Waals surface area contributed by atoms with Crippen LogP contribution < -0.4 is 16.2 Å². The predicted octanol–water partition coefficient (Wildman–Crippen LogP) is 1.47. The molecule has 1 aliphatic rings. The highest BCUT2D eigenvalue weighted by Crippen LogP contribution is 2.26. The lowest BCUT2D eigenvalue weighted by Crippen LogP contribution is -2.22. The van der Waals surface area contributed by atoms with Crippen molar-refractivity contribution in [3.63, 3.8) is 0 Å². The molecular formula is C13H16N6O2S4. The van der Waals surface area contributed by atoms with Crippen LogP contribution in [0.3, 0.4) is 0 Å². The van der Waals surface area contributed by atoms with Gasteiger partial charge in [-0.2, -0.15) is 28.1 Å². The molecule has 1 aliphatic heterocycles. The number of thiazole rings is 1. The topological polar surface area (TPSA) is 136 Å². The molecule has 25 heavy (non-hydrogen) atoms. The summed E-state index contributed by atoms with van der Waals surface area (Å²) in [5.74, 6) is 2.12. The highest BCUT2D eigenvalue weighted by molar-refractivity contribution is 7.98. The molecule has 134 valence electrons. The Balaban J connectivity index is 1.43. The molecule has 2 aromatic heterocycles. The number of rotatable bonds is 7. The maximum absolute atomic E-state index is 11.9. The standard InChI is InChI=1S/C13H16N6O2S4/c14-12(15)18-13-17-8(5-24-13)4-22-3-1-2-16-11-9-6-23-7-10(9)25(20,21)19-11/h5-7H,1-4H2,(H,16,19)(H4,14,15,17,18). The minimum Gasteiger partial charge on any atom is -0.370 e. The zero-order valence-corrected chi connectivity index (χ0v) is 16.3. The number of aliphatic imine (C=N–C) groups is 2. The normalized spacial score (nSPS) is 16.6. The van der Waals surface area contributed by atoms with E-state index < -0.39 is 10.0 Å². The Morgan fingerprint density at radius 1 is 1.32 bits per heavy atom. The first-order valence-electron chi connectivity index (χ1n) is 7.21. The lowest BCUT2D eigenvalue weighted by molar-refractivity contribution is 0.595. The number of thiophene rings is 1. The minimum atomic E-state index is -3.41. The Bertz CT molecular complexity index is 911. The van der Waals surface area contributed by atoms with Crippen LogP contribution in [0.5, 0.6) is 0 Å². The Hall–Kier alpha value is -1.63. The highest BCUT2D eigenvalue weighted by atomic mass is 32.2. The number of aromatic nitrogens is 1. The smallest absolute Gasteiger partial charge is 0.264 e. The van der Waals surface area contributed by atoms with E-state index in [4.69, 9.17) is 11.5 Å². The first kappa shape index (κ1) is 18.2. The van der Waals surface area contributed by atoms with E-state index >= 15 is 0 Å². The summed E-state index contributed by atoms with van der Waals surface area (Å²) in [4.78, 5) is 12.9. The maximum atomic E-state index is 11.9. The molecule has 2 aromatic rings. The third kappa shape index (κ3) is 4.51. The third-order valence-corrected chi connectivity index (χ3v) is 7.27. The van der Waals surface area contributed by atoms with Gasteiger partial charge in [-0.3, -0.25) is 9.71 Å².